The van der Waals surface area contributed by atoms with Gasteiger partial charge in [-0.05, 0) is 45.0 Å². The molecule has 1 heterocycles. The number of nitrogens with two attached hydrogens (primary N) is 1. The van der Waals surface area contributed by atoms with Gasteiger partial charge in [0.2, 0.25) is 5.88 Å². The van der Waals surface area contributed by atoms with E-state index in [9.17, 15) is 0 Å². The van der Waals surface area contributed by atoms with E-state index in [2.05, 4.69) is 15.2 Å². The summed E-state index contributed by atoms with van der Waals surface area (Å²) in [4.78, 5) is 6.51. The van der Waals surface area contributed by atoms with Crippen molar-refractivity contribution < 1.29 is 4.74 Å². The fourth-order valence-corrected chi connectivity index (χ4v) is 1.55. The van der Waals surface area contributed by atoms with E-state index in [4.69, 9.17) is 10.5 Å². The predicted octanol–water partition coefficient (Wildman–Crippen LogP) is 1.43. The molecular weight excluding hydrogens is 228 g/mol. The number of nitrogens with one attached hydrogen (secondary N) is 1. The summed E-state index contributed by atoms with van der Waals surface area (Å²) in [5.41, 5.74) is 6.45. The first-order valence-corrected chi connectivity index (χ1v) is 6.43. The van der Waals surface area contributed by atoms with Crippen molar-refractivity contribution in [1.82, 2.24) is 9.88 Å². The largest absolute Gasteiger partial charge is 0.476 e. The second-order valence-corrected chi connectivity index (χ2v) is 5.08. The summed E-state index contributed by atoms with van der Waals surface area (Å²) >= 11 is 0. The van der Waals surface area contributed by atoms with E-state index < -0.39 is 0 Å². The molecule has 0 radical (unpaired) electrons. The average Bonchev–Trinajstić information content (AvgIpc) is 3.13. The smallest absolute Gasteiger partial charge is 0.239 e. The second-order valence-electron chi connectivity index (χ2n) is 5.08. The molecule has 3 N–H and O–H groups in total. The maximum atomic E-state index is 5.85. The van der Waals surface area contributed by atoms with Gasteiger partial charge in [0.1, 0.15) is 5.82 Å². The van der Waals surface area contributed by atoms with Crippen LogP contribution in [0.4, 0.5) is 11.5 Å². The predicted molar refractivity (Wildman–Crippen MR) is 73.9 cm³/mol. The van der Waals surface area contributed by atoms with E-state index in [0.29, 0.717) is 17.5 Å². The topological polar surface area (TPSA) is 63.4 Å². The molecule has 18 heavy (non-hydrogen) atoms. The zero-order chi connectivity index (χ0) is 13.0. The van der Waals surface area contributed by atoms with Crippen LogP contribution < -0.4 is 15.8 Å². The van der Waals surface area contributed by atoms with Gasteiger partial charge in [-0.2, -0.15) is 4.98 Å². The number of likely N-dealkylation sites (N-methyl/N-ethyl adjacent to an activating group) is 1. The van der Waals surface area contributed by atoms with Gasteiger partial charge in [0.05, 0.1) is 12.3 Å². The zero-order valence-corrected chi connectivity index (χ0v) is 11.1. The lowest BCUT2D eigenvalue weighted by atomic mass is 10.4. The van der Waals surface area contributed by atoms with Gasteiger partial charge in [-0.1, -0.05) is 0 Å². The SMILES string of the molecule is CN(C)CCNc1ccc(N)c(OCC2CC2)n1. The molecule has 2 rings (SSSR count). The standard InChI is InChI=1S/C13H22N4O/c1-17(2)8-7-15-12-6-5-11(14)13(16-12)18-9-10-3-4-10/h5-6,10H,3-4,7-9,14H2,1-2H3,(H,15,16). The Morgan fingerprint density at radius 3 is 2.89 bits per heavy atom. The second kappa shape index (κ2) is 5.91. The fraction of sp³-hybridized carbons (Fsp3) is 0.615. The van der Waals surface area contributed by atoms with Crippen molar-refractivity contribution in [2.75, 3.05) is 44.8 Å². The first-order chi connectivity index (χ1) is 8.65. The first-order valence-electron chi connectivity index (χ1n) is 6.43. The minimum Gasteiger partial charge on any atom is -0.476 e. The van der Waals surface area contributed by atoms with Crippen LogP contribution in [-0.2, 0) is 0 Å². The number of nitrogen functional groups attached to an aromatic ring is 1. The molecule has 0 amide bonds. The monoisotopic (exact) mass is 250 g/mol. The molecule has 1 aliphatic rings. The molecule has 100 valence electrons. The van der Waals surface area contributed by atoms with Gasteiger partial charge in [-0.15, -0.1) is 0 Å². The summed E-state index contributed by atoms with van der Waals surface area (Å²) in [5.74, 6) is 2.07. The van der Waals surface area contributed by atoms with Gasteiger partial charge in [0, 0.05) is 13.1 Å². The van der Waals surface area contributed by atoms with Gasteiger partial charge in [-0.3, -0.25) is 0 Å². The Balaban J connectivity index is 1.87. The minimum absolute atomic E-state index is 0.553. The maximum absolute atomic E-state index is 5.85. The molecule has 5 heteroatoms. The molecule has 1 aromatic rings. The number of hydrogen-bond donors (Lipinski definition) is 2. The Labute approximate surface area is 108 Å². The summed E-state index contributed by atoms with van der Waals surface area (Å²) in [6, 6.07) is 3.72. The minimum atomic E-state index is 0.553. The van der Waals surface area contributed by atoms with Crippen LogP contribution in [0.1, 0.15) is 12.8 Å². The molecule has 0 aliphatic heterocycles. The lowest BCUT2D eigenvalue weighted by molar-refractivity contribution is 0.290. The van der Waals surface area contributed by atoms with E-state index in [-0.39, 0.29) is 0 Å². The molecule has 1 aliphatic carbocycles. The molecular formula is C13H22N4O. The van der Waals surface area contributed by atoms with E-state index >= 15 is 0 Å². The molecule has 1 fully saturated rings. The highest BCUT2D eigenvalue weighted by Crippen LogP contribution is 2.30. The van der Waals surface area contributed by atoms with Crippen LogP contribution in [0.3, 0.4) is 0 Å². The first kappa shape index (κ1) is 13.0. The number of pyridine rings is 1. The van der Waals surface area contributed by atoms with Crippen LogP contribution in [0.5, 0.6) is 5.88 Å². The van der Waals surface area contributed by atoms with E-state index in [1.54, 1.807) is 0 Å². The molecule has 0 spiro atoms. The third-order valence-corrected chi connectivity index (χ3v) is 2.91. The molecule has 1 saturated carbocycles. The van der Waals surface area contributed by atoms with Crippen molar-refractivity contribution in [3.05, 3.63) is 12.1 Å². The van der Waals surface area contributed by atoms with Crippen molar-refractivity contribution in [2.45, 2.75) is 12.8 Å². The highest BCUT2D eigenvalue weighted by Gasteiger charge is 2.22. The van der Waals surface area contributed by atoms with Crippen molar-refractivity contribution >= 4 is 11.5 Å². The molecule has 0 atom stereocenters. The van der Waals surface area contributed by atoms with Crippen molar-refractivity contribution in [3.8, 4) is 5.88 Å². The number of rotatable bonds is 7. The van der Waals surface area contributed by atoms with Gasteiger partial charge in [-0.25, -0.2) is 0 Å². The number of ether oxygens (including phenoxy) is 1. The van der Waals surface area contributed by atoms with Crippen LogP contribution in [0.2, 0.25) is 0 Å². The average molecular weight is 250 g/mol. The molecule has 0 aromatic carbocycles. The summed E-state index contributed by atoms with van der Waals surface area (Å²) in [7, 11) is 4.09. The lowest BCUT2D eigenvalue weighted by Crippen LogP contribution is -2.21. The number of nitrogens with zero attached hydrogens (tertiary/aromatic N) is 2. The third-order valence-electron chi connectivity index (χ3n) is 2.91. The summed E-state index contributed by atoms with van der Waals surface area (Å²) in [6.45, 7) is 2.55. The Morgan fingerprint density at radius 1 is 1.44 bits per heavy atom. The van der Waals surface area contributed by atoms with Crippen LogP contribution in [0.15, 0.2) is 12.1 Å². The number of anilines is 2. The summed E-state index contributed by atoms with van der Waals surface area (Å²) < 4.78 is 5.64. The zero-order valence-electron chi connectivity index (χ0n) is 11.1. The van der Waals surface area contributed by atoms with Gasteiger partial charge < -0.3 is 20.7 Å². The third kappa shape index (κ3) is 4.07. The van der Waals surface area contributed by atoms with Crippen LogP contribution in [-0.4, -0.2) is 43.7 Å². The van der Waals surface area contributed by atoms with Crippen LogP contribution >= 0.6 is 0 Å². The van der Waals surface area contributed by atoms with Crippen molar-refractivity contribution in [3.63, 3.8) is 0 Å². The van der Waals surface area contributed by atoms with E-state index in [1.165, 1.54) is 12.8 Å². The molecule has 0 unspecified atom stereocenters. The normalized spacial score (nSPS) is 14.8. The van der Waals surface area contributed by atoms with E-state index in [1.807, 2.05) is 26.2 Å². The molecule has 0 saturated heterocycles. The van der Waals surface area contributed by atoms with Crippen molar-refractivity contribution in [1.29, 1.82) is 0 Å². The number of aromatic nitrogens is 1. The quantitative estimate of drug-likeness (QED) is 0.766. The molecule has 1 aromatic heterocycles. The van der Waals surface area contributed by atoms with Gasteiger partial charge in [0.25, 0.3) is 0 Å². The Bertz CT molecular complexity index is 391. The molecule has 5 nitrogen and oxygen atoms in total. The maximum Gasteiger partial charge on any atom is 0.239 e. The Hall–Kier alpha value is -1.49. The molecule has 0 bridgehead atoms. The highest BCUT2D eigenvalue weighted by atomic mass is 16.5. The van der Waals surface area contributed by atoms with E-state index in [0.717, 1.165) is 25.5 Å². The summed E-state index contributed by atoms with van der Waals surface area (Å²) in [5, 5.41) is 3.26. The fourth-order valence-electron chi connectivity index (χ4n) is 1.55. The highest BCUT2D eigenvalue weighted by molar-refractivity contribution is 5.53. The van der Waals surface area contributed by atoms with Crippen LogP contribution in [0.25, 0.3) is 0 Å². The summed E-state index contributed by atoms with van der Waals surface area (Å²) in [6.07, 6.45) is 2.53. The van der Waals surface area contributed by atoms with Gasteiger partial charge >= 0.3 is 0 Å². The Kier molecular flexibility index (Phi) is 4.25. The number of hydrogen-bond acceptors (Lipinski definition) is 5. The van der Waals surface area contributed by atoms with Crippen molar-refractivity contribution in [2.24, 2.45) is 5.92 Å². The van der Waals surface area contributed by atoms with Gasteiger partial charge in [0.15, 0.2) is 0 Å². The Morgan fingerprint density at radius 2 is 2.22 bits per heavy atom. The lowest BCUT2D eigenvalue weighted by Gasteiger charge is -2.12. The van der Waals surface area contributed by atoms with Crippen LogP contribution in [0, 0.1) is 5.92 Å².